The lowest BCUT2D eigenvalue weighted by atomic mass is 9.93. The number of nitrogens with zero attached hydrogens (tertiary/aromatic N) is 1. The molecular formula is C14H17BrN2O. The van der Waals surface area contributed by atoms with E-state index >= 15 is 0 Å². The molecule has 1 aromatic carbocycles. The zero-order valence-corrected chi connectivity index (χ0v) is 11.9. The van der Waals surface area contributed by atoms with Gasteiger partial charge in [0.25, 0.3) is 0 Å². The van der Waals surface area contributed by atoms with Crippen molar-refractivity contribution in [3.05, 3.63) is 22.7 Å². The maximum absolute atomic E-state index is 12.2. The predicted molar refractivity (Wildman–Crippen MR) is 77.0 cm³/mol. The number of anilines is 2. The van der Waals surface area contributed by atoms with Crippen LogP contribution in [0.1, 0.15) is 32.1 Å². The van der Waals surface area contributed by atoms with E-state index in [0.717, 1.165) is 28.7 Å². The molecule has 1 aliphatic carbocycles. The maximum Gasteiger partial charge on any atom is 0.246 e. The SMILES string of the molecule is O=C1CNc2cc(Br)ccc2N1C1CCCCC1. The summed E-state index contributed by atoms with van der Waals surface area (Å²) in [6, 6.07) is 6.50. The second-order valence-electron chi connectivity index (χ2n) is 5.07. The first kappa shape index (κ1) is 12.0. The van der Waals surface area contributed by atoms with Crippen LogP contribution in [0.25, 0.3) is 0 Å². The van der Waals surface area contributed by atoms with E-state index in [-0.39, 0.29) is 5.91 Å². The third kappa shape index (κ3) is 2.14. The van der Waals surface area contributed by atoms with Gasteiger partial charge in [0.2, 0.25) is 5.91 Å². The van der Waals surface area contributed by atoms with Crippen LogP contribution in [0.15, 0.2) is 22.7 Å². The van der Waals surface area contributed by atoms with Crippen LogP contribution in [0.2, 0.25) is 0 Å². The van der Waals surface area contributed by atoms with Crippen LogP contribution in [-0.2, 0) is 4.79 Å². The van der Waals surface area contributed by atoms with Crippen LogP contribution in [0, 0.1) is 0 Å². The van der Waals surface area contributed by atoms with Crippen LogP contribution < -0.4 is 10.2 Å². The van der Waals surface area contributed by atoms with E-state index in [0.29, 0.717) is 12.6 Å². The Bertz CT molecular complexity index is 469. The highest BCUT2D eigenvalue weighted by molar-refractivity contribution is 9.10. The van der Waals surface area contributed by atoms with Crippen molar-refractivity contribution in [2.75, 3.05) is 16.8 Å². The molecule has 2 aliphatic rings. The highest BCUT2D eigenvalue weighted by Crippen LogP contribution is 2.36. The largest absolute Gasteiger partial charge is 0.374 e. The smallest absolute Gasteiger partial charge is 0.246 e. The first-order valence-electron chi connectivity index (χ1n) is 6.61. The van der Waals surface area contributed by atoms with Gasteiger partial charge in [-0.3, -0.25) is 4.79 Å². The van der Waals surface area contributed by atoms with Crippen molar-refractivity contribution in [2.24, 2.45) is 0 Å². The molecular weight excluding hydrogens is 292 g/mol. The third-order valence-electron chi connectivity index (χ3n) is 3.86. The van der Waals surface area contributed by atoms with Crippen molar-refractivity contribution in [3.63, 3.8) is 0 Å². The van der Waals surface area contributed by atoms with Crippen LogP contribution in [0.4, 0.5) is 11.4 Å². The Morgan fingerprint density at radius 1 is 1.22 bits per heavy atom. The maximum atomic E-state index is 12.2. The van der Waals surface area contributed by atoms with Gasteiger partial charge >= 0.3 is 0 Å². The Morgan fingerprint density at radius 3 is 2.78 bits per heavy atom. The third-order valence-corrected chi connectivity index (χ3v) is 4.35. The minimum atomic E-state index is 0.205. The molecule has 96 valence electrons. The standard InChI is InChI=1S/C14H17BrN2O/c15-10-6-7-13-12(8-10)16-9-14(18)17(13)11-4-2-1-3-5-11/h6-8,11,16H,1-5,9H2. The van der Waals surface area contributed by atoms with E-state index in [4.69, 9.17) is 0 Å². The van der Waals surface area contributed by atoms with Crippen molar-refractivity contribution in [3.8, 4) is 0 Å². The average Bonchev–Trinajstić information content (AvgIpc) is 2.40. The quantitative estimate of drug-likeness (QED) is 0.860. The Labute approximate surface area is 116 Å². The van der Waals surface area contributed by atoms with Crippen molar-refractivity contribution in [2.45, 2.75) is 38.1 Å². The van der Waals surface area contributed by atoms with Crippen LogP contribution in [0.5, 0.6) is 0 Å². The number of benzene rings is 1. The second-order valence-corrected chi connectivity index (χ2v) is 5.99. The normalized spacial score (nSPS) is 20.5. The minimum Gasteiger partial charge on any atom is -0.374 e. The summed E-state index contributed by atoms with van der Waals surface area (Å²) in [5, 5.41) is 3.20. The zero-order valence-electron chi connectivity index (χ0n) is 10.3. The Hall–Kier alpha value is -1.03. The molecule has 0 aromatic heterocycles. The van der Waals surface area contributed by atoms with Crippen molar-refractivity contribution >= 4 is 33.2 Å². The van der Waals surface area contributed by atoms with E-state index < -0.39 is 0 Å². The Balaban J connectivity index is 1.95. The molecule has 1 heterocycles. The van der Waals surface area contributed by atoms with Gasteiger partial charge in [0.1, 0.15) is 0 Å². The van der Waals surface area contributed by atoms with Crippen LogP contribution in [0.3, 0.4) is 0 Å². The first-order valence-corrected chi connectivity index (χ1v) is 7.40. The van der Waals surface area contributed by atoms with E-state index in [9.17, 15) is 4.79 Å². The summed E-state index contributed by atoms with van der Waals surface area (Å²) in [4.78, 5) is 14.2. The van der Waals surface area contributed by atoms with E-state index in [1.54, 1.807) is 0 Å². The fraction of sp³-hybridized carbons (Fsp3) is 0.500. The molecule has 0 unspecified atom stereocenters. The molecule has 1 fully saturated rings. The molecule has 0 spiro atoms. The summed E-state index contributed by atoms with van der Waals surface area (Å²) in [6.07, 6.45) is 6.08. The highest BCUT2D eigenvalue weighted by atomic mass is 79.9. The molecule has 3 nitrogen and oxygen atoms in total. The van der Waals surface area contributed by atoms with Crippen LogP contribution >= 0.6 is 15.9 Å². The number of carbonyl (C=O) groups is 1. The van der Waals surface area contributed by atoms with Gasteiger partial charge < -0.3 is 10.2 Å². The van der Waals surface area contributed by atoms with Crippen molar-refractivity contribution in [1.82, 2.24) is 0 Å². The first-order chi connectivity index (χ1) is 8.75. The number of hydrogen-bond donors (Lipinski definition) is 1. The molecule has 1 aromatic rings. The Kier molecular flexibility index (Phi) is 3.29. The number of amides is 1. The number of hydrogen-bond acceptors (Lipinski definition) is 2. The number of rotatable bonds is 1. The molecule has 0 radical (unpaired) electrons. The number of fused-ring (bicyclic) bond motifs is 1. The molecule has 0 saturated heterocycles. The molecule has 0 atom stereocenters. The molecule has 0 bridgehead atoms. The molecule has 1 N–H and O–H groups in total. The summed E-state index contributed by atoms with van der Waals surface area (Å²) in [5.74, 6) is 0.205. The lowest BCUT2D eigenvalue weighted by Crippen LogP contribution is -2.47. The van der Waals surface area contributed by atoms with E-state index in [2.05, 4.69) is 27.3 Å². The molecule has 4 heteroatoms. The summed E-state index contributed by atoms with van der Waals surface area (Å²) in [7, 11) is 0. The molecule has 1 saturated carbocycles. The fourth-order valence-corrected chi connectivity index (χ4v) is 3.35. The minimum absolute atomic E-state index is 0.205. The number of nitrogens with one attached hydrogen (secondary N) is 1. The van der Waals surface area contributed by atoms with Gasteiger partial charge in [0.15, 0.2) is 0 Å². The van der Waals surface area contributed by atoms with Crippen molar-refractivity contribution < 1.29 is 4.79 Å². The number of carbonyl (C=O) groups excluding carboxylic acids is 1. The average molecular weight is 309 g/mol. The molecule has 18 heavy (non-hydrogen) atoms. The van der Waals surface area contributed by atoms with Gasteiger partial charge in [0.05, 0.1) is 17.9 Å². The zero-order chi connectivity index (χ0) is 12.5. The monoisotopic (exact) mass is 308 g/mol. The Morgan fingerprint density at radius 2 is 2.00 bits per heavy atom. The number of halogens is 1. The summed E-state index contributed by atoms with van der Waals surface area (Å²) in [6.45, 7) is 0.417. The molecule has 1 amide bonds. The highest BCUT2D eigenvalue weighted by Gasteiger charge is 2.31. The lowest BCUT2D eigenvalue weighted by Gasteiger charge is -2.38. The van der Waals surface area contributed by atoms with Gasteiger partial charge in [-0.15, -0.1) is 0 Å². The fourth-order valence-electron chi connectivity index (χ4n) is 2.99. The van der Waals surface area contributed by atoms with Gasteiger partial charge in [-0.05, 0) is 31.0 Å². The predicted octanol–water partition coefficient (Wildman–Crippen LogP) is 3.54. The van der Waals surface area contributed by atoms with Crippen molar-refractivity contribution in [1.29, 1.82) is 0 Å². The summed E-state index contributed by atoms with van der Waals surface area (Å²) >= 11 is 3.48. The van der Waals surface area contributed by atoms with Gasteiger partial charge in [-0.1, -0.05) is 35.2 Å². The van der Waals surface area contributed by atoms with E-state index in [1.807, 2.05) is 17.0 Å². The molecule has 3 rings (SSSR count). The van der Waals surface area contributed by atoms with Gasteiger partial charge in [0, 0.05) is 10.5 Å². The summed E-state index contributed by atoms with van der Waals surface area (Å²) in [5.41, 5.74) is 2.11. The van der Waals surface area contributed by atoms with E-state index in [1.165, 1.54) is 19.3 Å². The van der Waals surface area contributed by atoms with Crippen LogP contribution in [-0.4, -0.2) is 18.5 Å². The van der Waals surface area contributed by atoms with Gasteiger partial charge in [-0.2, -0.15) is 0 Å². The molecule has 1 aliphatic heterocycles. The van der Waals surface area contributed by atoms with Gasteiger partial charge in [-0.25, -0.2) is 0 Å². The topological polar surface area (TPSA) is 32.3 Å². The summed E-state index contributed by atoms with van der Waals surface area (Å²) < 4.78 is 1.05. The lowest BCUT2D eigenvalue weighted by molar-refractivity contribution is -0.117. The second kappa shape index (κ2) is 4.92.